The Morgan fingerprint density at radius 2 is 1.76 bits per heavy atom. The highest BCUT2D eigenvalue weighted by molar-refractivity contribution is 5.79. The Labute approximate surface area is 149 Å². The maximum absolute atomic E-state index is 12.1. The Balaban J connectivity index is 1.63. The van der Waals surface area contributed by atoms with Crippen molar-refractivity contribution in [2.75, 3.05) is 13.2 Å². The number of hydrogen-bond acceptors (Lipinski definition) is 3. The molecular formula is C21H25NO3. The van der Waals surface area contributed by atoms with Crippen molar-refractivity contribution in [2.45, 2.75) is 39.0 Å². The summed E-state index contributed by atoms with van der Waals surface area (Å²) in [6.07, 6.45) is -0.0971. The summed E-state index contributed by atoms with van der Waals surface area (Å²) in [6.45, 7) is 7.41. The SMILES string of the molecule is CC(C)(C)N1C[C@H](c2ccc(OCc3ccccc3)cc2)OCC1=O. The fourth-order valence-electron chi connectivity index (χ4n) is 2.94. The van der Waals surface area contributed by atoms with Gasteiger partial charge in [-0.15, -0.1) is 0 Å². The van der Waals surface area contributed by atoms with Gasteiger partial charge < -0.3 is 14.4 Å². The number of amides is 1. The summed E-state index contributed by atoms with van der Waals surface area (Å²) in [5, 5.41) is 0. The minimum Gasteiger partial charge on any atom is -0.489 e. The van der Waals surface area contributed by atoms with Crippen LogP contribution in [-0.4, -0.2) is 29.5 Å². The number of benzene rings is 2. The first-order chi connectivity index (χ1) is 11.9. The molecule has 1 aliphatic heterocycles. The topological polar surface area (TPSA) is 38.8 Å². The third-order valence-electron chi connectivity index (χ3n) is 4.37. The average Bonchev–Trinajstić information content (AvgIpc) is 2.61. The molecule has 2 aromatic carbocycles. The molecule has 1 amide bonds. The number of rotatable bonds is 4. The molecular weight excluding hydrogens is 314 g/mol. The van der Waals surface area contributed by atoms with Crippen molar-refractivity contribution in [1.82, 2.24) is 4.90 Å². The maximum atomic E-state index is 12.1. The second-order valence-corrected chi connectivity index (χ2v) is 7.32. The van der Waals surface area contributed by atoms with Gasteiger partial charge in [0.05, 0.1) is 6.54 Å². The maximum Gasteiger partial charge on any atom is 0.249 e. The van der Waals surface area contributed by atoms with Crippen molar-refractivity contribution in [3.63, 3.8) is 0 Å². The van der Waals surface area contributed by atoms with Gasteiger partial charge in [0.1, 0.15) is 25.1 Å². The predicted molar refractivity (Wildman–Crippen MR) is 97.4 cm³/mol. The lowest BCUT2D eigenvalue weighted by atomic mass is 10.0. The molecule has 3 rings (SSSR count). The molecule has 0 N–H and O–H groups in total. The van der Waals surface area contributed by atoms with Crippen LogP contribution in [0.4, 0.5) is 0 Å². The van der Waals surface area contributed by atoms with Gasteiger partial charge in [-0.1, -0.05) is 42.5 Å². The van der Waals surface area contributed by atoms with Gasteiger partial charge in [-0.3, -0.25) is 4.79 Å². The Morgan fingerprint density at radius 1 is 1.08 bits per heavy atom. The van der Waals surface area contributed by atoms with Gasteiger partial charge in [-0.2, -0.15) is 0 Å². The zero-order valence-corrected chi connectivity index (χ0v) is 15.1. The molecule has 4 heteroatoms. The second-order valence-electron chi connectivity index (χ2n) is 7.32. The highest BCUT2D eigenvalue weighted by Crippen LogP contribution is 2.28. The van der Waals surface area contributed by atoms with E-state index in [-0.39, 0.29) is 24.2 Å². The van der Waals surface area contributed by atoms with E-state index in [4.69, 9.17) is 9.47 Å². The molecule has 4 nitrogen and oxygen atoms in total. The highest BCUT2D eigenvalue weighted by atomic mass is 16.5. The zero-order valence-electron chi connectivity index (χ0n) is 15.1. The number of hydrogen-bond donors (Lipinski definition) is 0. The number of carbonyl (C=O) groups excluding carboxylic acids is 1. The Hall–Kier alpha value is -2.33. The number of morpholine rings is 1. The lowest BCUT2D eigenvalue weighted by molar-refractivity contribution is -0.156. The van der Waals surface area contributed by atoms with E-state index in [1.54, 1.807) is 0 Å². The molecule has 0 saturated carbocycles. The molecule has 1 atom stereocenters. The van der Waals surface area contributed by atoms with Crippen molar-refractivity contribution >= 4 is 5.91 Å². The van der Waals surface area contributed by atoms with Crippen molar-refractivity contribution in [3.8, 4) is 5.75 Å². The minimum absolute atomic E-state index is 0.0477. The molecule has 25 heavy (non-hydrogen) atoms. The van der Waals surface area contributed by atoms with E-state index in [9.17, 15) is 4.79 Å². The summed E-state index contributed by atoms with van der Waals surface area (Å²) in [7, 11) is 0. The van der Waals surface area contributed by atoms with Crippen LogP contribution in [0.25, 0.3) is 0 Å². The molecule has 0 radical (unpaired) electrons. The molecule has 0 aromatic heterocycles. The van der Waals surface area contributed by atoms with Crippen LogP contribution in [-0.2, 0) is 16.1 Å². The van der Waals surface area contributed by atoms with Gasteiger partial charge in [-0.05, 0) is 44.0 Å². The fraction of sp³-hybridized carbons (Fsp3) is 0.381. The summed E-state index contributed by atoms with van der Waals surface area (Å²) in [6, 6.07) is 18.0. The van der Waals surface area contributed by atoms with Gasteiger partial charge in [0.2, 0.25) is 5.91 Å². The number of carbonyl (C=O) groups is 1. The van der Waals surface area contributed by atoms with Gasteiger partial charge in [-0.25, -0.2) is 0 Å². The molecule has 132 valence electrons. The summed E-state index contributed by atoms with van der Waals surface area (Å²) >= 11 is 0. The molecule has 0 bridgehead atoms. The summed E-state index contributed by atoms with van der Waals surface area (Å²) in [4.78, 5) is 14.0. The third-order valence-corrected chi connectivity index (χ3v) is 4.37. The van der Waals surface area contributed by atoms with Gasteiger partial charge in [0.15, 0.2) is 0 Å². The van der Waals surface area contributed by atoms with Crippen LogP contribution >= 0.6 is 0 Å². The first-order valence-corrected chi connectivity index (χ1v) is 8.62. The molecule has 2 aromatic rings. The van der Waals surface area contributed by atoms with Crippen molar-refractivity contribution < 1.29 is 14.3 Å². The number of ether oxygens (including phenoxy) is 2. The third kappa shape index (κ3) is 4.40. The smallest absolute Gasteiger partial charge is 0.249 e. The van der Waals surface area contributed by atoms with E-state index in [2.05, 4.69) is 0 Å². The summed E-state index contributed by atoms with van der Waals surface area (Å²) in [5.74, 6) is 0.874. The van der Waals surface area contributed by atoms with Crippen LogP contribution < -0.4 is 4.74 Å². The van der Waals surface area contributed by atoms with Crippen LogP contribution in [0, 0.1) is 0 Å². The van der Waals surface area contributed by atoms with Crippen molar-refractivity contribution in [3.05, 3.63) is 65.7 Å². The summed E-state index contributed by atoms with van der Waals surface area (Å²) in [5.41, 5.74) is 2.01. The fourth-order valence-corrected chi connectivity index (χ4v) is 2.94. The Kier molecular flexibility index (Phi) is 5.09. The van der Waals surface area contributed by atoms with Gasteiger partial charge in [0, 0.05) is 5.54 Å². The van der Waals surface area contributed by atoms with Gasteiger partial charge >= 0.3 is 0 Å². The molecule has 1 saturated heterocycles. The van der Waals surface area contributed by atoms with E-state index in [1.807, 2.05) is 80.3 Å². The molecule has 0 spiro atoms. The number of nitrogens with zero attached hydrogens (tertiary/aromatic N) is 1. The van der Waals surface area contributed by atoms with E-state index in [1.165, 1.54) is 0 Å². The quantitative estimate of drug-likeness (QED) is 0.846. The highest BCUT2D eigenvalue weighted by Gasteiger charge is 2.34. The zero-order chi connectivity index (χ0) is 17.9. The van der Waals surface area contributed by atoms with Crippen LogP contribution in [0.1, 0.15) is 38.0 Å². The monoisotopic (exact) mass is 339 g/mol. The van der Waals surface area contributed by atoms with Gasteiger partial charge in [0.25, 0.3) is 0 Å². The average molecular weight is 339 g/mol. The Bertz CT molecular complexity index is 704. The molecule has 0 unspecified atom stereocenters. The van der Waals surface area contributed by atoms with E-state index in [0.29, 0.717) is 13.2 Å². The molecule has 1 aliphatic rings. The van der Waals surface area contributed by atoms with E-state index >= 15 is 0 Å². The van der Waals surface area contributed by atoms with Crippen molar-refractivity contribution in [2.24, 2.45) is 0 Å². The molecule has 1 fully saturated rings. The Morgan fingerprint density at radius 3 is 2.40 bits per heavy atom. The van der Waals surface area contributed by atoms with Crippen molar-refractivity contribution in [1.29, 1.82) is 0 Å². The predicted octanol–water partition coefficient (Wildman–Crippen LogP) is 3.96. The van der Waals surface area contributed by atoms with Crippen LogP contribution in [0.15, 0.2) is 54.6 Å². The van der Waals surface area contributed by atoms with Crippen LogP contribution in [0.3, 0.4) is 0 Å². The van der Waals surface area contributed by atoms with E-state index < -0.39 is 0 Å². The lowest BCUT2D eigenvalue weighted by Gasteiger charge is -2.41. The standard InChI is InChI=1S/C21H25NO3/c1-21(2,3)22-13-19(25-15-20(22)23)17-9-11-18(12-10-17)24-14-16-7-5-4-6-8-16/h4-12,19H,13-15H2,1-3H3/t19-/m1/s1. The van der Waals surface area contributed by atoms with Crippen LogP contribution in [0.2, 0.25) is 0 Å². The molecule has 1 heterocycles. The summed E-state index contributed by atoms with van der Waals surface area (Å²) < 4.78 is 11.6. The second kappa shape index (κ2) is 7.28. The van der Waals surface area contributed by atoms with Crippen LogP contribution in [0.5, 0.6) is 5.75 Å². The lowest BCUT2D eigenvalue weighted by Crippen LogP contribution is -2.52. The normalized spacial score (nSPS) is 18.3. The largest absolute Gasteiger partial charge is 0.489 e. The first-order valence-electron chi connectivity index (χ1n) is 8.62. The first kappa shape index (κ1) is 17.5. The minimum atomic E-state index is -0.197. The van der Waals surface area contributed by atoms with E-state index in [0.717, 1.165) is 16.9 Å². The molecule has 0 aliphatic carbocycles.